The first-order valence-corrected chi connectivity index (χ1v) is 7.55. The lowest BCUT2D eigenvalue weighted by atomic mass is 9.88. The number of aryl methyl sites for hydroxylation is 1. The summed E-state index contributed by atoms with van der Waals surface area (Å²) in [6.45, 7) is 8.42. The fraction of sp³-hybridized carbons (Fsp3) is 0.350. The Balaban J connectivity index is 2.09. The fourth-order valence-corrected chi connectivity index (χ4v) is 2.28. The Hall–Kier alpha value is -1.89. The maximum absolute atomic E-state index is 11.3. The van der Waals surface area contributed by atoms with E-state index >= 15 is 0 Å². The van der Waals surface area contributed by atoms with E-state index in [1.807, 2.05) is 24.3 Å². The Morgan fingerprint density at radius 2 is 1.33 bits per heavy atom. The van der Waals surface area contributed by atoms with E-state index in [-0.39, 0.29) is 5.78 Å². The van der Waals surface area contributed by atoms with Gasteiger partial charge in [0.15, 0.2) is 5.78 Å². The van der Waals surface area contributed by atoms with Crippen molar-refractivity contribution in [2.24, 2.45) is 5.41 Å². The average molecular weight is 280 g/mol. The first-order chi connectivity index (χ1) is 9.85. The average Bonchev–Trinajstić information content (AvgIpc) is 2.45. The molecule has 0 saturated heterocycles. The van der Waals surface area contributed by atoms with Crippen LogP contribution in [0.4, 0.5) is 0 Å². The molecule has 2 aromatic rings. The third-order valence-corrected chi connectivity index (χ3v) is 3.74. The maximum atomic E-state index is 11.3. The highest BCUT2D eigenvalue weighted by atomic mass is 16.1. The van der Waals surface area contributed by atoms with Gasteiger partial charge in [-0.2, -0.15) is 0 Å². The quantitative estimate of drug-likeness (QED) is 0.672. The third kappa shape index (κ3) is 4.56. The topological polar surface area (TPSA) is 17.1 Å². The number of rotatable bonds is 4. The molecule has 0 spiro atoms. The first-order valence-electron chi connectivity index (χ1n) is 7.55. The van der Waals surface area contributed by atoms with Crippen LogP contribution in [0.5, 0.6) is 0 Å². The number of ketones is 1. The van der Waals surface area contributed by atoms with Gasteiger partial charge in [-0.25, -0.2) is 0 Å². The van der Waals surface area contributed by atoms with Crippen molar-refractivity contribution in [3.8, 4) is 11.1 Å². The van der Waals surface area contributed by atoms with Crippen molar-refractivity contribution in [1.82, 2.24) is 0 Å². The summed E-state index contributed by atoms with van der Waals surface area (Å²) in [6.07, 6.45) is 2.31. The highest BCUT2D eigenvalue weighted by molar-refractivity contribution is 5.94. The number of benzene rings is 2. The van der Waals surface area contributed by atoms with Gasteiger partial charge in [-0.1, -0.05) is 69.3 Å². The number of Topliss-reactive ketones (excluding diaryl/α,β-unsaturated/α-hetero) is 1. The number of hydrogen-bond donors (Lipinski definition) is 0. The summed E-state index contributed by atoms with van der Waals surface area (Å²) < 4.78 is 0. The van der Waals surface area contributed by atoms with Gasteiger partial charge in [0, 0.05) is 5.56 Å². The molecular formula is C20H24O. The van der Waals surface area contributed by atoms with E-state index in [0.29, 0.717) is 5.41 Å². The molecule has 0 saturated carbocycles. The molecule has 0 heterocycles. The second-order valence-corrected chi connectivity index (χ2v) is 6.89. The fourth-order valence-electron chi connectivity index (χ4n) is 2.28. The normalized spacial score (nSPS) is 11.4. The summed E-state index contributed by atoms with van der Waals surface area (Å²) in [5, 5.41) is 0. The molecule has 1 heteroatoms. The van der Waals surface area contributed by atoms with Crippen molar-refractivity contribution < 1.29 is 4.79 Å². The van der Waals surface area contributed by atoms with Crippen LogP contribution >= 0.6 is 0 Å². The summed E-state index contributed by atoms with van der Waals surface area (Å²) in [5.74, 6) is 0.110. The maximum Gasteiger partial charge on any atom is 0.159 e. The van der Waals surface area contributed by atoms with Crippen LogP contribution in [0.25, 0.3) is 11.1 Å². The van der Waals surface area contributed by atoms with Crippen molar-refractivity contribution in [1.29, 1.82) is 0 Å². The van der Waals surface area contributed by atoms with Crippen molar-refractivity contribution in [3.63, 3.8) is 0 Å². The minimum Gasteiger partial charge on any atom is -0.295 e. The van der Waals surface area contributed by atoms with Gasteiger partial charge in [-0.05, 0) is 41.9 Å². The van der Waals surface area contributed by atoms with Crippen molar-refractivity contribution in [2.75, 3.05) is 0 Å². The smallest absolute Gasteiger partial charge is 0.159 e. The van der Waals surface area contributed by atoms with Crippen molar-refractivity contribution >= 4 is 5.78 Å². The van der Waals surface area contributed by atoms with Crippen LogP contribution in [-0.4, -0.2) is 5.78 Å². The predicted molar refractivity (Wildman–Crippen MR) is 89.7 cm³/mol. The number of carbonyl (C=O) groups is 1. The van der Waals surface area contributed by atoms with E-state index in [4.69, 9.17) is 0 Å². The Bertz CT molecular complexity index is 598. The van der Waals surface area contributed by atoms with Gasteiger partial charge in [0.25, 0.3) is 0 Å². The van der Waals surface area contributed by atoms with Crippen LogP contribution in [0.3, 0.4) is 0 Å². The zero-order valence-electron chi connectivity index (χ0n) is 13.4. The molecule has 0 atom stereocenters. The van der Waals surface area contributed by atoms with Crippen LogP contribution in [0.1, 0.15) is 50.0 Å². The van der Waals surface area contributed by atoms with Crippen LogP contribution in [0.2, 0.25) is 0 Å². The van der Waals surface area contributed by atoms with Gasteiger partial charge in [0.2, 0.25) is 0 Å². The molecule has 0 aromatic heterocycles. The molecule has 110 valence electrons. The molecule has 0 aliphatic carbocycles. The zero-order chi connectivity index (χ0) is 15.5. The Labute approximate surface area is 128 Å². The van der Waals surface area contributed by atoms with Crippen LogP contribution in [-0.2, 0) is 6.42 Å². The Morgan fingerprint density at radius 3 is 1.76 bits per heavy atom. The number of carbonyl (C=O) groups excluding carboxylic acids is 1. The molecule has 0 N–H and O–H groups in total. The van der Waals surface area contributed by atoms with Gasteiger partial charge >= 0.3 is 0 Å². The second kappa shape index (κ2) is 6.26. The van der Waals surface area contributed by atoms with E-state index in [9.17, 15) is 4.79 Å². The molecule has 1 nitrogen and oxygen atoms in total. The standard InChI is InChI=1S/C20H24O/c1-15(21)17-9-11-19(12-10-17)18-7-5-16(6-8-18)13-14-20(2,3)4/h5-12H,13-14H2,1-4H3. The predicted octanol–water partition coefficient (Wildman–Crippen LogP) is 5.53. The van der Waals surface area contributed by atoms with Crippen LogP contribution < -0.4 is 0 Å². The summed E-state index contributed by atoms with van der Waals surface area (Å²) in [6, 6.07) is 16.6. The summed E-state index contributed by atoms with van der Waals surface area (Å²) in [4.78, 5) is 11.3. The summed E-state index contributed by atoms with van der Waals surface area (Å²) >= 11 is 0. The Kier molecular flexibility index (Phi) is 4.62. The van der Waals surface area contributed by atoms with Crippen LogP contribution in [0.15, 0.2) is 48.5 Å². The van der Waals surface area contributed by atoms with Gasteiger partial charge in [0.1, 0.15) is 0 Å². The minimum absolute atomic E-state index is 0.110. The van der Waals surface area contributed by atoms with Gasteiger partial charge in [-0.3, -0.25) is 4.79 Å². The molecule has 0 radical (unpaired) electrons. The van der Waals surface area contributed by atoms with Gasteiger partial charge < -0.3 is 0 Å². The first kappa shape index (κ1) is 15.5. The van der Waals surface area contributed by atoms with E-state index in [0.717, 1.165) is 17.5 Å². The zero-order valence-corrected chi connectivity index (χ0v) is 13.4. The van der Waals surface area contributed by atoms with E-state index in [1.54, 1.807) is 6.92 Å². The molecule has 0 amide bonds. The lowest BCUT2D eigenvalue weighted by molar-refractivity contribution is 0.101. The molecule has 0 bridgehead atoms. The van der Waals surface area contributed by atoms with Crippen LogP contribution in [0, 0.1) is 5.41 Å². The van der Waals surface area contributed by atoms with Gasteiger partial charge in [-0.15, -0.1) is 0 Å². The van der Waals surface area contributed by atoms with Gasteiger partial charge in [0.05, 0.1) is 0 Å². The summed E-state index contributed by atoms with van der Waals surface area (Å²) in [7, 11) is 0. The molecule has 0 fully saturated rings. The van der Waals surface area contributed by atoms with Crippen molar-refractivity contribution in [2.45, 2.75) is 40.5 Å². The molecule has 0 aliphatic rings. The third-order valence-electron chi connectivity index (χ3n) is 3.74. The SMILES string of the molecule is CC(=O)c1ccc(-c2ccc(CCC(C)(C)C)cc2)cc1. The molecule has 2 rings (SSSR count). The summed E-state index contributed by atoms with van der Waals surface area (Å²) in [5.41, 5.74) is 4.88. The Morgan fingerprint density at radius 1 is 0.857 bits per heavy atom. The highest BCUT2D eigenvalue weighted by Crippen LogP contribution is 2.24. The van der Waals surface area contributed by atoms with E-state index < -0.39 is 0 Å². The minimum atomic E-state index is 0.110. The molecule has 2 aromatic carbocycles. The molecule has 0 aliphatic heterocycles. The molecular weight excluding hydrogens is 256 g/mol. The lowest BCUT2D eigenvalue weighted by Crippen LogP contribution is -2.06. The molecule has 0 unspecified atom stereocenters. The lowest BCUT2D eigenvalue weighted by Gasteiger charge is -2.17. The van der Waals surface area contributed by atoms with Crippen molar-refractivity contribution in [3.05, 3.63) is 59.7 Å². The number of hydrogen-bond acceptors (Lipinski definition) is 1. The largest absolute Gasteiger partial charge is 0.295 e. The van der Waals surface area contributed by atoms with E-state index in [2.05, 4.69) is 45.0 Å². The second-order valence-electron chi connectivity index (χ2n) is 6.89. The highest BCUT2D eigenvalue weighted by Gasteiger charge is 2.10. The monoisotopic (exact) mass is 280 g/mol. The molecule has 21 heavy (non-hydrogen) atoms. The van der Waals surface area contributed by atoms with E-state index in [1.165, 1.54) is 17.5 Å².